The minimum Gasteiger partial charge on any atom is -0.381 e. The Morgan fingerprint density at radius 3 is 2.62 bits per heavy atom. The van der Waals surface area contributed by atoms with Crippen molar-refractivity contribution in [2.75, 3.05) is 45.9 Å². The second-order valence-electron chi connectivity index (χ2n) is 12.1. The Balaban J connectivity index is 1.10. The van der Waals surface area contributed by atoms with Crippen molar-refractivity contribution in [3.8, 4) is 0 Å². The molecule has 0 bridgehead atoms. The van der Waals surface area contributed by atoms with E-state index in [4.69, 9.17) is 9.72 Å². The Morgan fingerprint density at radius 1 is 1.16 bits per heavy atom. The molecule has 37 heavy (non-hydrogen) atoms. The van der Waals surface area contributed by atoms with E-state index in [0.717, 1.165) is 63.5 Å². The van der Waals surface area contributed by atoms with Gasteiger partial charge in [0.2, 0.25) is 5.91 Å². The number of likely N-dealkylation sites (tertiary alicyclic amines) is 2. The molecule has 2 amide bonds. The van der Waals surface area contributed by atoms with Crippen molar-refractivity contribution < 1.29 is 14.3 Å². The van der Waals surface area contributed by atoms with Gasteiger partial charge in [0, 0.05) is 75.4 Å². The maximum absolute atomic E-state index is 13.2. The van der Waals surface area contributed by atoms with Gasteiger partial charge in [-0.05, 0) is 42.7 Å². The first kappa shape index (κ1) is 24.9. The molecule has 4 aliphatic rings. The molecule has 6 rings (SSSR count). The lowest BCUT2D eigenvalue weighted by Gasteiger charge is -2.51. The lowest BCUT2D eigenvalue weighted by atomic mass is 9.71. The highest BCUT2D eigenvalue weighted by Gasteiger charge is 2.60. The minimum atomic E-state index is -0.0422. The molecule has 1 saturated carbocycles. The van der Waals surface area contributed by atoms with Crippen LogP contribution in [-0.2, 0) is 16.1 Å². The summed E-state index contributed by atoms with van der Waals surface area (Å²) in [7, 11) is 0. The third-order valence-corrected chi connectivity index (χ3v) is 9.80. The third-order valence-electron chi connectivity index (χ3n) is 9.04. The van der Waals surface area contributed by atoms with Crippen LogP contribution < -0.4 is 5.32 Å². The number of hydrogen-bond acceptors (Lipinski definition) is 7. The first-order chi connectivity index (χ1) is 17.8. The second-order valence-corrected chi connectivity index (χ2v) is 13.0. The summed E-state index contributed by atoms with van der Waals surface area (Å²) in [6, 6.07) is 6.33. The molecule has 2 unspecified atom stereocenters. The van der Waals surface area contributed by atoms with Gasteiger partial charge in [0.25, 0.3) is 5.91 Å². The Hall–Kier alpha value is -2.36. The molecule has 4 fully saturated rings. The molecule has 1 N–H and O–H groups in total. The van der Waals surface area contributed by atoms with E-state index in [1.807, 2.05) is 9.80 Å². The Morgan fingerprint density at radius 2 is 1.92 bits per heavy atom. The van der Waals surface area contributed by atoms with Crippen LogP contribution in [0.25, 0.3) is 0 Å². The van der Waals surface area contributed by atoms with Gasteiger partial charge >= 0.3 is 0 Å². The van der Waals surface area contributed by atoms with Crippen LogP contribution in [0.3, 0.4) is 0 Å². The first-order valence-electron chi connectivity index (χ1n) is 13.6. The summed E-state index contributed by atoms with van der Waals surface area (Å²) in [5.74, 6) is 1.28. The third kappa shape index (κ3) is 4.93. The van der Waals surface area contributed by atoms with Gasteiger partial charge in [-0.2, -0.15) is 0 Å². The van der Waals surface area contributed by atoms with Crippen molar-refractivity contribution in [1.82, 2.24) is 25.1 Å². The van der Waals surface area contributed by atoms with E-state index in [-0.39, 0.29) is 22.7 Å². The van der Waals surface area contributed by atoms with Crippen LogP contribution in [-0.4, -0.2) is 77.5 Å². The normalized spacial score (nSPS) is 26.3. The zero-order chi connectivity index (χ0) is 25.6. The van der Waals surface area contributed by atoms with Crippen molar-refractivity contribution in [2.45, 2.75) is 45.6 Å². The fourth-order valence-corrected chi connectivity index (χ4v) is 7.06. The van der Waals surface area contributed by atoms with Gasteiger partial charge in [-0.1, -0.05) is 19.9 Å². The highest BCUT2D eigenvalue weighted by Crippen LogP contribution is 2.54. The first-order valence-corrected chi connectivity index (χ1v) is 14.4. The number of hydrogen-bond donors (Lipinski definition) is 1. The van der Waals surface area contributed by atoms with Crippen LogP contribution in [0.15, 0.2) is 29.9 Å². The van der Waals surface area contributed by atoms with Crippen LogP contribution in [0.4, 0.5) is 0 Å². The number of ether oxygens (including phenoxy) is 1. The highest BCUT2D eigenvalue weighted by molar-refractivity contribution is 7.11. The van der Waals surface area contributed by atoms with Crippen LogP contribution >= 0.6 is 11.3 Å². The number of nitrogens with zero attached hydrogens (tertiary/aromatic N) is 4. The van der Waals surface area contributed by atoms with Gasteiger partial charge in [-0.15, -0.1) is 11.3 Å². The van der Waals surface area contributed by atoms with Gasteiger partial charge in [0.15, 0.2) is 0 Å². The van der Waals surface area contributed by atoms with Crippen molar-refractivity contribution >= 4 is 23.2 Å². The van der Waals surface area contributed by atoms with E-state index < -0.39 is 0 Å². The summed E-state index contributed by atoms with van der Waals surface area (Å²) in [6.07, 6.45) is 4.71. The van der Waals surface area contributed by atoms with Crippen LogP contribution in [0.1, 0.15) is 60.1 Å². The predicted octanol–water partition coefficient (Wildman–Crippen LogP) is 3.17. The molecule has 9 heteroatoms. The van der Waals surface area contributed by atoms with E-state index >= 15 is 0 Å². The van der Waals surface area contributed by atoms with Gasteiger partial charge < -0.3 is 19.9 Å². The summed E-state index contributed by atoms with van der Waals surface area (Å²) in [5.41, 5.74) is 4.02. The smallest absolute Gasteiger partial charge is 0.265 e. The Bertz CT molecular complexity index is 1140. The van der Waals surface area contributed by atoms with E-state index in [2.05, 4.69) is 42.3 Å². The number of amides is 2. The van der Waals surface area contributed by atoms with E-state index in [1.54, 1.807) is 11.7 Å². The molecular formula is C28H37N5O3S. The molecule has 1 spiro atoms. The standard InChI is InChI=1S/C28H37N5O3S/c1-27(2)10-22(27)25(34)33-16-28(17-33)15-32(26(35)24-13-30-18-37-24)14-20(28)11-29-12-21-4-3-5-23(31-21)19-6-8-36-9-7-19/h3-5,13,18-20,22,29H,6-12,14-17H2,1-2H3. The van der Waals surface area contributed by atoms with Crippen LogP contribution in [0, 0.1) is 22.7 Å². The zero-order valence-corrected chi connectivity index (χ0v) is 22.6. The van der Waals surface area contributed by atoms with Gasteiger partial charge in [-0.3, -0.25) is 19.6 Å². The fourth-order valence-electron chi connectivity index (χ4n) is 6.48. The van der Waals surface area contributed by atoms with Gasteiger partial charge in [0.05, 0.1) is 17.4 Å². The SMILES string of the molecule is CC1(C)CC1C(=O)N1CC2(CN(C(=O)c3cncs3)CC2CNCc2cccc(C3CCOCC3)n2)C1. The van der Waals surface area contributed by atoms with E-state index in [1.165, 1.54) is 11.3 Å². The highest BCUT2D eigenvalue weighted by atomic mass is 32.1. The Labute approximate surface area is 222 Å². The largest absolute Gasteiger partial charge is 0.381 e. The van der Waals surface area contributed by atoms with E-state index in [9.17, 15) is 9.59 Å². The van der Waals surface area contributed by atoms with Crippen LogP contribution in [0.2, 0.25) is 0 Å². The zero-order valence-electron chi connectivity index (χ0n) is 21.8. The second kappa shape index (κ2) is 9.75. The van der Waals surface area contributed by atoms with Crippen molar-refractivity contribution in [1.29, 1.82) is 0 Å². The average Bonchev–Trinajstić information content (AvgIpc) is 3.26. The molecule has 2 aromatic rings. The average molecular weight is 524 g/mol. The summed E-state index contributed by atoms with van der Waals surface area (Å²) in [5, 5.41) is 3.65. The maximum atomic E-state index is 13.2. The molecule has 198 valence electrons. The minimum absolute atomic E-state index is 0.0422. The number of nitrogens with one attached hydrogen (secondary N) is 1. The quantitative estimate of drug-likeness (QED) is 0.600. The van der Waals surface area contributed by atoms with E-state index in [0.29, 0.717) is 42.3 Å². The number of carbonyl (C=O) groups is 2. The van der Waals surface area contributed by atoms with Crippen molar-refractivity contribution in [2.24, 2.45) is 22.7 Å². The predicted molar refractivity (Wildman–Crippen MR) is 141 cm³/mol. The van der Waals surface area contributed by atoms with Crippen molar-refractivity contribution in [3.63, 3.8) is 0 Å². The number of carbonyl (C=O) groups excluding carboxylic acids is 2. The Kier molecular flexibility index (Phi) is 6.57. The maximum Gasteiger partial charge on any atom is 0.265 e. The summed E-state index contributed by atoms with van der Waals surface area (Å²) >= 11 is 1.39. The molecule has 2 atom stereocenters. The summed E-state index contributed by atoms with van der Waals surface area (Å²) in [6.45, 7) is 10.4. The van der Waals surface area contributed by atoms with Crippen molar-refractivity contribution in [3.05, 3.63) is 46.2 Å². The molecule has 0 radical (unpaired) electrons. The topological polar surface area (TPSA) is 87.7 Å². The van der Waals surface area contributed by atoms with Crippen LogP contribution in [0.5, 0.6) is 0 Å². The molecule has 2 aromatic heterocycles. The monoisotopic (exact) mass is 523 g/mol. The number of aromatic nitrogens is 2. The van der Waals surface area contributed by atoms with Gasteiger partial charge in [0.1, 0.15) is 4.88 Å². The lowest BCUT2D eigenvalue weighted by molar-refractivity contribution is -0.147. The molecule has 3 aliphatic heterocycles. The molecule has 5 heterocycles. The molecule has 1 aliphatic carbocycles. The number of thiazole rings is 1. The molecule has 0 aromatic carbocycles. The lowest BCUT2D eigenvalue weighted by Crippen LogP contribution is -2.63. The van der Waals surface area contributed by atoms with Gasteiger partial charge in [-0.25, -0.2) is 0 Å². The summed E-state index contributed by atoms with van der Waals surface area (Å²) < 4.78 is 5.51. The fraction of sp³-hybridized carbons (Fsp3) is 0.643. The summed E-state index contributed by atoms with van der Waals surface area (Å²) in [4.78, 5) is 39.9. The number of pyridine rings is 1. The molecular weight excluding hydrogens is 486 g/mol. The number of rotatable bonds is 7. The molecule has 8 nitrogen and oxygen atoms in total. The molecule has 3 saturated heterocycles.